The third kappa shape index (κ3) is 4.67. The third-order valence-electron chi connectivity index (χ3n) is 5.27. The van der Waals surface area contributed by atoms with Gasteiger partial charge in [-0.1, -0.05) is 55.1 Å². The summed E-state index contributed by atoms with van der Waals surface area (Å²) in [5, 5.41) is 12.7. The van der Waals surface area contributed by atoms with Crippen LogP contribution in [0.15, 0.2) is 59.8 Å². The van der Waals surface area contributed by atoms with Gasteiger partial charge in [-0.15, -0.1) is 10.2 Å². The molecule has 7 heteroatoms. The number of nitrogens with one attached hydrogen (secondary N) is 1. The van der Waals surface area contributed by atoms with Gasteiger partial charge in [0.1, 0.15) is 0 Å². The van der Waals surface area contributed by atoms with Gasteiger partial charge < -0.3 is 10.2 Å². The second-order valence-electron chi connectivity index (χ2n) is 7.35. The predicted molar refractivity (Wildman–Crippen MR) is 123 cm³/mol. The van der Waals surface area contributed by atoms with E-state index >= 15 is 0 Å². The molecule has 1 saturated heterocycles. The third-order valence-corrected chi connectivity index (χ3v) is 6.20. The highest BCUT2D eigenvalue weighted by Gasteiger charge is 2.22. The fourth-order valence-electron chi connectivity index (χ4n) is 3.72. The molecule has 1 fully saturated rings. The van der Waals surface area contributed by atoms with Gasteiger partial charge in [-0.05, 0) is 49.4 Å². The Labute approximate surface area is 181 Å². The van der Waals surface area contributed by atoms with E-state index in [4.69, 9.17) is 0 Å². The molecule has 1 aromatic heterocycles. The topological polar surface area (TPSA) is 63.1 Å². The van der Waals surface area contributed by atoms with E-state index in [9.17, 15) is 4.79 Å². The van der Waals surface area contributed by atoms with Crippen LogP contribution in [0.3, 0.4) is 0 Å². The second kappa shape index (κ2) is 9.80. The highest BCUT2D eigenvalue weighted by atomic mass is 32.2. The van der Waals surface area contributed by atoms with E-state index in [0.717, 1.165) is 47.6 Å². The summed E-state index contributed by atoms with van der Waals surface area (Å²) in [4.78, 5) is 14.9. The van der Waals surface area contributed by atoms with Crippen molar-refractivity contribution >= 4 is 29.3 Å². The van der Waals surface area contributed by atoms with Crippen molar-refractivity contribution in [2.75, 3.05) is 29.1 Å². The Morgan fingerprint density at radius 3 is 2.50 bits per heavy atom. The fourth-order valence-corrected chi connectivity index (χ4v) is 4.47. The first-order valence-corrected chi connectivity index (χ1v) is 11.5. The number of benzene rings is 2. The quantitative estimate of drug-likeness (QED) is 0.567. The van der Waals surface area contributed by atoms with Crippen molar-refractivity contribution in [1.29, 1.82) is 0 Å². The summed E-state index contributed by atoms with van der Waals surface area (Å²) < 4.78 is 2.07. The zero-order valence-electron chi connectivity index (χ0n) is 17.3. The van der Waals surface area contributed by atoms with E-state index in [-0.39, 0.29) is 11.7 Å². The van der Waals surface area contributed by atoms with Gasteiger partial charge in [0.15, 0.2) is 5.16 Å². The molecule has 2 heterocycles. The number of aryl methyl sites for hydroxylation is 1. The van der Waals surface area contributed by atoms with Crippen LogP contribution in [0.25, 0.3) is 5.69 Å². The molecule has 3 aromatic rings. The van der Waals surface area contributed by atoms with Crippen LogP contribution in [0.5, 0.6) is 0 Å². The van der Waals surface area contributed by atoms with Crippen molar-refractivity contribution in [2.45, 2.75) is 37.8 Å². The Balaban J connectivity index is 1.52. The molecule has 2 aromatic carbocycles. The summed E-state index contributed by atoms with van der Waals surface area (Å²) in [6, 6.07) is 18.1. The number of hydrogen-bond donors (Lipinski definition) is 1. The molecule has 1 amide bonds. The summed E-state index contributed by atoms with van der Waals surface area (Å²) in [5.41, 5.74) is 3.03. The summed E-state index contributed by atoms with van der Waals surface area (Å²) in [7, 11) is 0. The van der Waals surface area contributed by atoms with Crippen LogP contribution in [0.4, 0.5) is 11.6 Å². The maximum atomic E-state index is 12.6. The Kier molecular flexibility index (Phi) is 6.69. The Hall–Kier alpha value is -2.80. The normalized spacial score (nSPS) is 14.0. The molecule has 0 radical (unpaired) electrons. The van der Waals surface area contributed by atoms with Gasteiger partial charge in [0.25, 0.3) is 0 Å². The van der Waals surface area contributed by atoms with Crippen LogP contribution in [0, 0.1) is 0 Å². The van der Waals surface area contributed by atoms with Gasteiger partial charge in [-0.25, -0.2) is 0 Å². The molecular formula is C23H27N5OS. The largest absolute Gasteiger partial charge is 0.341 e. The summed E-state index contributed by atoms with van der Waals surface area (Å²) in [6.07, 6.45) is 4.48. The van der Waals surface area contributed by atoms with E-state index in [1.807, 2.05) is 42.5 Å². The summed E-state index contributed by atoms with van der Waals surface area (Å²) in [6.45, 7) is 4.07. The predicted octanol–water partition coefficient (Wildman–Crippen LogP) is 4.55. The number of anilines is 2. The van der Waals surface area contributed by atoms with E-state index in [2.05, 4.69) is 44.0 Å². The molecule has 4 rings (SSSR count). The van der Waals surface area contributed by atoms with Crippen LogP contribution in [0.2, 0.25) is 0 Å². The number of carbonyl (C=O) groups is 1. The molecule has 156 valence electrons. The number of para-hydroxylation sites is 2. The van der Waals surface area contributed by atoms with E-state index in [1.54, 1.807) is 0 Å². The zero-order valence-corrected chi connectivity index (χ0v) is 18.1. The van der Waals surface area contributed by atoms with Crippen LogP contribution >= 0.6 is 11.8 Å². The lowest BCUT2D eigenvalue weighted by molar-refractivity contribution is -0.113. The minimum absolute atomic E-state index is 0.0389. The van der Waals surface area contributed by atoms with Crippen LogP contribution in [-0.4, -0.2) is 39.5 Å². The van der Waals surface area contributed by atoms with Gasteiger partial charge in [0, 0.05) is 18.8 Å². The maximum Gasteiger partial charge on any atom is 0.234 e. The number of carbonyl (C=O) groups excluding carboxylic acids is 1. The van der Waals surface area contributed by atoms with Crippen molar-refractivity contribution < 1.29 is 4.79 Å². The average Bonchev–Trinajstić information content (AvgIpc) is 3.23. The minimum Gasteiger partial charge on any atom is -0.341 e. The lowest BCUT2D eigenvalue weighted by Gasteiger charge is -2.27. The second-order valence-corrected chi connectivity index (χ2v) is 8.29. The highest BCUT2D eigenvalue weighted by Crippen LogP contribution is 2.28. The van der Waals surface area contributed by atoms with Crippen LogP contribution < -0.4 is 10.2 Å². The van der Waals surface area contributed by atoms with E-state index < -0.39 is 0 Å². The summed E-state index contributed by atoms with van der Waals surface area (Å²) >= 11 is 1.42. The van der Waals surface area contributed by atoms with Gasteiger partial charge in [-0.2, -0.15) is 0 Å². The summed E-state index contributed by atoms with van der Waals surface area (Å²) in [5.74, 6) is 1.10. The first-order chi connectivity index (χ1) is 14.8. The molecule has 1 aliphatic rings. The first-order valence-electron chi connectivity index (χ1n) is 10.5. The maximum absolute atomic E-state index is 12.6. The SMILES string of the molecule is CCc1ccccc1NC(=O)CSc1nnc(N2CCCCC2)n1-c1ccccc1. The molecule has 6 nitrogen and oxygen atoms in total. The molecule has 0 spiro atoms. The number of amides is 1. The number of rotatable bonds is 7. The van der Waals surface area contributed by atoms with Crippen LogP contribution in [0.1, 0.15) is 31.7 Å². The van der Waals surface area contributed by atoms with Gasteiger partial charge in [-0.3, -0.25) is 9.36 Å². The van der Waals surface area contributed by atoms with E-state index in [0.29, 0.717) is 0 Å². The molecule has 30 heavy (non-hydrogen) atoms. The average molecular weight is 422 g/mol. The van der Waals surface area contributed by atoms with Gasteiger partial charge in [0.2, 0.25) is 11.9 Å². The number of nitrogens with zero attached hydrogens (tertiary/aromatic N) is 4. The van der Waals surface area contributed by atoms with Crippen molar-refractivity contribution in [2.24, 2.45) is 0 Å². The first kappa shape index (κ1) is 20.5. The Bertz CT molecular complexity index is 982. The number of hydrogen-bond acceptors (Lipinski definition) is 5. The molecule has 0 unspecified atom stereocenters. The van der Waals surface area contributed by atoms with Crippen molar-refractivity contribution in [1.82, 2.24) is 14.8 Å². The Morgan fingerprint density at radius 2 is 1.73 bits per heavy atom. The van der Waals surface area contributed by atoms with Crippen molar-refractivity contribution in [3.8, 4) is 5.69 Å². The molecule has 1 aliphatic heterocycles. The number of thioether (sulfide) groups is 1. The standard InChI is InChI=1S/C23H27N5OS/c1-2-18-11-7-8-14-20(18)24-21(29)17-30-23-26-25-22(27-15-9-4-10-16-27)28(23)19-12-5-3-6-13-19/h3,5-8,11-14H,2,4,9-10,15-17H2,1H3,(H,24,29). The van der Waals surface area contributed by atoms with Crippen molar-refractivity contribution in [3.05, 3.63) is 60.2 Å². The smallest absolute Gasteiger partial charge is 0.234 e. The van der Waals surface area contributed by atoms with Crippen LogP contribution in [-0.2, 0) is 11.2 Å². The monoisotopic (exact) mass is 421 g/mol. The lowest BCUT2D eigenvalue weighted by atomic mass is 10.1. The molecular weight excluding hydrogens is 394 g/mol. The molecule has 0 bridgehead atoms. The number of piperidine rings is 1. The Morgan fingerprint density at radius 1 is 1.00 bits per heavy atom. The zero-order chi connectivity index (χ0) is 20.8. The van der Waals surface area contributed by atoms with Crippen molar-refractivity contribution in [3.63, 3.8) is 0 Å². The van der Waals surface area contributed by atoms with Gasteiger partial charge >= 0.3 is 0 Å². The molecule has 0 aliphatic carbocycles. The molecule has 0 saturated carbocycles. The molecule has 1 N–H and O–H groups in total. The van der Waals surface area contributed by atoms with Gasteiger partial charge in [0.05, 0.1) is 11.4 Å². The highest BCUT2D eigenvalue weighted by molar-refractivity contribution is 7.99. The minimum atomic E-state index is -0.0389. The molecule has 0 atom stereocenters. The lowest BCUT2D eigenvalue weighted by Crippen LogP contribution is -2.31. The fraction of sp³-hybridized carbons (Fsp3) is 0.348. The van der Waals surface area contributed by atoms with E-state index in [1.165, 1.54) is 31.0 Å². The number of aromatic nitrogens is 3.